The fourth-order valence-corrected chi connectivity index (χ4v) is 7.33. The molecule has 1 aromatic carbocycles. The highest BCUT2D eigenvalue weighted by molar-refractivity contribution is 6.05. The molecular formula is C32H45N3O5. The molecule has 8 heteroatoms. The molecule has 3 heterocycles. The van der Waals surface area contributed by atoms with Crippen molar-refractivity contribution in [2.45, 2.75) is 83.6 Å². The van der Waals surface area contributed by atoms with E-state index in [1.54, 1.807) is 26.9 Å². The zero-order chi connectivity index (χ0) is 29.4. The number of likely N-dealkylation sites (tertiary alicyclic amines) is 1. The third-order valence-corrected chi connectivity index (χ3v) is 9.18. The van der Waals surface area contributed by atoms with Gasteiger partial charge < -0.3 is 24.5 Å². The Balaban J connectivity index is 1.86. The number of aliphatic hydroxyl groups is 1. The number of fused-ring (bicyclic) bond motifs is 1. The first kappa shape index (κ1) is 30.0. The molecule has 6 atom stereocenters. The Hall–Kier alpha value is -2.97. The Morgan fingerprint density at radius 1 is 1.18 bits per heavy atom. The van der Waals surface area contributed by atoms with Gasteiger partial charge in [-0.25, -0.2) is 0 Å². The maximum Gasteiger partial charge on any atom is 0.253 e. The molecule has 218 valence electrons. The monoisotopic (exact) mass is 551 g/mol. The van der Waals surface area contributed by atoms with Crippen LogP contribution < -0.4 is 4.90 Å². The van der Waals surface area contributed by atoms with Crippen LogP contribution in [-0.4, -0.2) is 82.2 Å². The number of carbonyl (C=O) groups excluding carboxylic acids is 3. The van der Waals surface area contributed by atoms with Crippen LogP contribution in [0.3, 0.4) is 0 Å². The molecule has 0 aliphatic carbocycles. The molecule has 0 aromatic heterocycles. The Bertz CT molecular complexity index is 1180. The van der Waals surface area contributed by atoms with Gasteiger partial charge in [-0.1, -0.05) is 38.1 Å². The predicted octanol–water partition coefficient (Wildman–Crippen LogP) is 3.78. The van der Waals surface area contributed by atoms with Crippen LogP contribution in [0.4, 0.5) is 5.69 Å². The fourth-order valence-electron chi connectivity index (χ4n) is 7.33. The number of anilines is 1. The van der Waals surface area contributed by atoms with Crippen molar-refractivity contribution in [2.75, 3.05) is 31.1 Å². The molecule has 2 bridgehead atoms. The minimum Gasteiger partial charge on any atom is -0.394 e. The maximum absolute atomic E-state index is 14.8. The number of ether oxygens (including phenoxy) is 1. The van der Waals surface area contributed by atoms with Crippen molar-refractivity contribution in [1.29, 1.82) is 0 Å². The van der Waals surface area contributed by atoms with Gasteiger partial charge in [-0.3, -0.25) is 14.4 Å². The Labute approximate surface area is 238 Å². The number of aliphatic hydroxyl groups excluding tert-OH is 1. The molecule has 3 fully saturated rings. The minimum atomic E-state index is -1.16. The highest BCUT2D eigenvalue weighted by Gasteiger charge is 2.78. The van der Waals surface area contributed by atoms with Gasteiger partial charge in [0.05, 0.1) is 30.1 Å². The lowest BCUT2D eigenvalue weighted by atomic mass is 9.66. The van der Waals surface area contributed by atoms with E-state index >= 15 is 0 Å². The van der Waals surface area contributed by atoms with Crippen molar-refractivity contribution in [2.24, 2.45) is 11.8 Å². The van der Waals surface area contributed by atoms with Crippen molar-refractivity contribution in [1.82, 2.24) is 9.80 Å². The first-order valence-corrected chi connectivity index (χ1v) is 14.6. The molecule has 3 aliphatic heterocycles. The van der Waals surface area contributed by atoms with Crippen molar-refractivity contribution in [3.63, 3.8) is 0 Å². The number of hydrogen-bond donors (Lipinski definition) is 1. The molecule has 0 saturated carbocycles. The van der Waals surface area contributed by atoms with Crippen LogP contribution in [0, 0.1) is 25.7 Å². The van der Waals surface area contributed by atoms with Gasteiger partial charge in [-0.15, -0.1) is 13.2 Å². The van der Waals surface area contributed by atoms with Crippen LogP contribution in [0.15, 0.2) is 43.5 Å². The minimum absolute atomic E-state index is 0.133. The number of aryl methyl sites for hydroxylation is 2. The van der Waals surface area contributed by atoms with E-state index in [0.717, 1.165) is 23.2 Å². The zero-order valence-electron chi connectivity index (χ0n) is 24.7. The number of benzene rings is 1. The molecule has 4 rings (SSSR count). The summed E-state index contributed by atoms with van der Waals surface area (Å²) < 4.78 is 6.81. The summed E-state index contributed by atoms with van der Waals surface area (Å²) in [7, 11) is 0. The third-order valence-electron chi connectivity index (χ3n) is 9.18. The van der Waals surface area contributed by atoms with E-state index in [0.29, 0.717) is 32.4 Å². The van der Waals surface area contributed by atoms with E-state index in [-0.39, 0.29) is 30.9 Å². The number of rotatable bonds is 12. The molecule has 40 heavy (non-hydrogen) atoms. The van der Waals surface area contributed by atoms with Crippen molar-refractivity contribution < 1.29 is 24.2 Å². The normalized spacial score (nSPS) is 29.3. The van der Waals surface area contributed by atoms with E-state index in [9.17, 15) is 19.5 Å². The van der Waals surface area contributed by atoms with E-state index in [2.05, 4.69) is 13.2 Å². The predicted molar refractivity (Wildman–Crippen MR) is 156 cm³/mol. The van der Waals surface area contributed by atoms with Gasteiger partial charge in [0.2, 0.25) is 11.8 Å². The molecule has 0 radical (unpaired) electrons. The molecule has 1 aromatic rings. The quantitative estimate of drug-likeness (QED) is 0.400. The van der Waals surface area contributed by atoms with E-state index in [1.165, 1.54) is 0 Å². The van der Waals surface area contributed by atoms with Crippen LogP contribution in [0.5, 0.6) is 0 Å². The van der Waals surface area contributed by atoms with Gasteiger partial charge >= 0.3 is 0 Å². The standard InChI is InChI=1S/C32H45N3O5/c1-8-16-33(17-9-2)28(37)25-26-29(38)35(23(11-4)20-36)27(32(26)15-14-31(25,7)40-32)30(39)34(18-10-3)24-19-21(5)12-13-22(24)6/h8,10,12-13,19,23,25-27,36H,1,3,9,11,14-18,20H2,2,4-7H3/t23-,25-,26-,27?,31+,32?/m0/s1. The number of hydrogen-bond acceptors (Lipinski definition) is 5. The average Bonchev–Trinajstić information content (AvgIpc) is 3.50. The largest absolute Gasteiger partial charge is 0.394 e. The molecule has 2 unspecified atom stereocenters. The fraction of sp³-hybridized carbons (Fsp3) is 0.594. The second kappa shape index (κ2) is 11.5. The highest BCUT2D eigenvalue weighted by Crippen LogP contribution is 2.64. The lowest BCUT2D eigenvalue weighted by Gasteiger charge is -2.39. The van der Waals surface area contributed by atoms with Crippen molar-refractivity contribution >= 4 is 23.4 Å². The van der Waals surface area contributed by atoms with Crippen LogP contribution >= 0.6 is 0 Å². The van der Waals surface area contributed by atoms with Crippen LogP contribution in [0.25, 0.3) is 0 Å². The third kappa shape index (κ3) is 4.59. The van der Waals surface area contributed by atoms with Gasteiger partial charge in [0.1, 0.15) is 11.6 Å². The molecular weight excluding hydrogens is 506 g/mol. The first-order valence-electron chi connectivity index (χ1n) is 14.6. The van der Waals surface area contributed by atoms with E-state index in [4.69, 9.17) is 4.74 Å². The zero-order valence-corrected chi connectivity index (χ0v) is 24.7. The van der Waals surface area contributed by atoms with Gasteiger partial charge in [0.25, 0.3) is 5.91 Å². The van der Waals surface area contributed by atoms with Gasteiger partial charge in [0.15, 0.2) is 0 Å². The van der Waals surface area contributed by atoms with E-state index in [1.807, 2.05) is 52.8 Å². The summed E-state index contributed by atoms with van der Waals surface area (Å²) in [5.41, 5.74) is 0.666. The summed E-state index contributed by atoms with van der Waals surface area (Å²) in [4.78, 5) is 48.3. The Morgan fingerprint density at radius 2 is 1.88 bits per heavy atom. The lowest BCUT2D eigenvalue weighted by Crippen LogP contribution is -2.59. The number of carbonyl (C=O) groups is 3. The summed E-state index contributed by atoms with van der Waals surface area (Å²) >= 11 is 0. The highest BCUT2D eigenvalue weighted by atomic mass is 16.5. The number of amides is 3. The summed E-state index contributed by atoms with van der Waals surface area (Å²) in [5, 5.41) is 10.4. The number of nitrogens with zero attached hydrogens (tertiary/aromatic N) is 3. The van der Waals surface area contributed by atoms with Crippen molar-refractivity contribution in [3.05, 3.63) is 54.6 Å². The van der Waals surface area contributed by atoms with E-state index < -0.39 is 35.1 Å². The second-order valence-corrected chi connectivity index (χ2v) is 11.8. The molecule has 1 N–H and O–H groups in total. The SMILES string of the molecule is C=CCN(CCC)C(=O)[C@@H]1[C@H]2C(=O)N([C@@H](CC)CO)C(C(=O)N(CC=C)c3cc(C)ccc3C)C23CC[C@@]1(C)O3. The van der Waals surface area contributed by atoms with Crippen molar-refractivity contribution in [3.8, 4) is 0 Å². The summed E-state index contributed by atoms with van der Waals surface area (Å²) in [6.45, 7) is 18.4. The van der Waals surface area contributed by atoms with Crippen LogP contribution in [0.1, 0.15) is 57.6 Å². The molecule has 1 spiro atoms. The average molecular weight is 552 g/mol. The summed E-state index contributed by atoms with van der Waals surface area (Å²) in [5.74, 6) is -2.21. The molecule has 3 aliphatic rings. The Morgan fingerprint density at radius 3 is 2.48 bits per heavy atom. The lowest BCUT2D eigenvalue weighted by molar-refractivity contribution is -0.152. The van der Waals surface area contributed by atoms with Gasteiger partial charge in [0, 0.05) is 25.3 Å². The molecule has 8 nitrogen and oxygen atoms in total. The van der Waals surface area contributed by atoms with Gasteiger partial charge in [-0.05, 0) is 63.6 Å². The summed E-state index contributed by atoms with van der Waals surface area (Å²) in [6, 6.07) is 4.40. The van der Waals surface area contributed by atoms with Gasteiger partial charge in [-0.2, -0.15) is 0 Å². The maximum atomic E-state index is 14.8. The Kier molecular flexibility index (Phi) is 8.62. The van der Waals surface area contributed by atoms with Crippen LogP contribution in [0.2, 0.25) is 0 Å². The molecule has 3 saturated heterocycles. The topological polar surface area (TPSA) is 90.4 Å². The smallest absolute Gasteiger partial charge is 0.253 e. The second-order valence-electron chi connectivity index (χ2n) is 11.8. The summed E-state index contributed by atoms with van der Waals surface area (Å²) in [6.07, 6.45) is 5.68. The first-order chi connectivity index (χ1) is 19.0. The van der Waals surface area contributed by atoms with Crippen LogP contribution in [-0.2, 0) is 19.1 Å². The molecule has 3 amide bonds.